The third-order valence-corrected chi connectivity index (χ3v) is 13.7. The number of hydrogen-bond donors (Lipinski definition) is 4. The molecule has 2 amide bonds. The van der Waals surface area contributed by atoms with Crippen LogP contribution in [0.5, 0.6) is 23.0 Å². The van der Waals surface area contributed by atoms with Crippen molar-refractivity contribution < 1.29 is 55.2 Å². The number of nitrogens with one attached hydrogen (secondary N) is 2. The molecule has 75 heavy (non-hydrogen) atoms. The minimum Gasteiger partial charge on any atom is -0.870 e. The SMILES string of the molecule is CCc1cc(S(=O)(=O)O)c(N=Nc2c(O)c(C(=O)Nc3ccc(OC)cc3)cc3ccccc23)cc1Cl.CCc1cc(S(=O)(=O)[O-])c(N=Nc2c([O-])c(C(=O)Nc3ccc(OC)cc3)cc3ccccc23)cc1Cl.[Ca+2]. The number of methoxy groups -OCH3 is 2. The molecular weight excluding hydrogens is 1080 g/mol. The second-order valence-corrected chi connectivity index (χ2v) is 19.4. The van der Waals surface area contributed by atoms with Gasteiger partial charge in [0, 0.05) is 37.8 Å². The van der Waals surface area contributed by atoms with E-state index in [0.717, 1.165) is 6.07 Å². The van der Waals surface area contributed by atoms with Gasteiger partial charge in [0.1, 0.15) is 43.6 Å². The maximum Gasteiger partial charge on any atom is 2.00 e. The summed E-state index contributed by atoms with van der Waals surface area (Å²) >= 11 is 12.4. The Hall–Kier alpha value is -6.72. The van der Waals surface area contributed by atoms with Crippen molar-refractivity contribution >= 4 is 149 Å². The Bertz CT molecular complexity index is 3530. The van der Waals surface area contributed by atoms with Crippen LogP contribution in [0.25, 0.3) is 21.5 Å². The molecule has 0 bridgehead atoms. The zero-order chi connectivity index (χ0) is 53.5. The number of phenols is 1. The van der Waals surface area contributed by atoms with Crippen LogP contribution < -0.4 is 25.2 Å². The summed E-state index contributed by atoms with van der Waals surface area (Å²) in [6, 6.07) is 34.6. The van der Waals surface area contributed by atoms with Gasteiger partial charge in [-0.15, -0.1) is 15.3 Å². The number of aryl methyl sites for hydroxylation is 2. The van der Waals surface area contributed by atoms with E-state index < -0.39 is 53.3 Å². The number of hydrogen-bond acceptors (Lipinski definition) is 15. The van der Waals surface area contributed by atoms with Crippen molar-refractivity contribution in [3.8, 4) is 23.0 Å². The Balaban J connectivity index is 0.000000241. The summed E-state index contributed by atoms with van der Waals surface area (Å²) in [5.74, 6) is -1.24. The standard InChI is InChI=1S/2C26H22ClN3O6S.Ca/c2*1-3-15-13-23(37(33,34)35)22(14-21(15)27)29-30-24-19-7-5-4-6-16(19)12-20(25(24)31)26(32)28-17-8-10-18(36-2)11-9-17;/h2*4-14,31H,3H2,1-2H3,(H,28,32)(H,33,34,35);/q;;+2/p-2. The first-order chi connectivity index (χ1) is 35.2. The molecule has 0 saturated carbocycles. The number of anilines is 2. The maximum atomic E-state index is 13.3. The number of carbonyl (C=O) groups excluding carboxylic acids is 2. The fourth-order valence-electron chi connectivity index (χ4n) is 7.40. The number of halogens is 2. The van der Waals surface area contributed by atoms with Gasteiger partial charge >= 0.3 is 37.7 Å². The van der Waals surface area contributed by atoms with E-state index in [1.165, 1.54) is 44.6 Å². The third kappa shape index (κ3) is 13.6. The van der Waals surface area contributed by atoms with Crippen LogP contribution in [0.1, 0.15) is 45.7 Å². The van der Waals surface area contributed by atoms with Gasteiger partial charge < -0.3 is 34.9 Å². The maximum absolute atomic E-state index is 13.3. The van der Waals surface area contributed by atoms with Crippen LogP contribution in [0.15, 0.2) is 164 Å². The van der Waals surface area contributed by atoms with Crippen molar-refractivity contribution in [1.29, 1.82) is 0 Å². The molecule has 0 aliphatic heterocycles. The Morgan fingerprint density at radius 3 is 1.47 bits per heavy atom. The topological polar surface area (TPSA) is 281 Å². The van der Waals surface area contributed by atoms with E-state index in [-0.39, 0.29) is 81.7 Å². The zero-order valence-corrected chi connectivity index (χ0v) is 45.5. The molecule has 0 unspecified atom stereocenters. The molecule has 23 heteroatoms. The van der Waals surface area contributed by atoms with Crippen molar-refractivity contribution in [3.63, 3.8) is 0 Å². The van der Waals surface area contributed by atoms with Crippen molar-refractivity contribution in [2.75, 3.05) is 24.9 Å². The molecule has 380 valence electrons. The molecule has 18 nitrogen and oxygen atoms in total. The van der Waals surface area contributed by atoms with Gasteiger partial charge in [-0.2, -0.15) is 13.5 Å². The molecule has 0 aromatic heterocycles. The normalized spacial score (nSPS) is 11.5. The molecule has 0 saturated heterocycles. The van der Waals surface area contributed by atoms with E-state index in [2.05, 4.69) is 31.1 Å². The Kier molecular flexibility index (Phi) is 19.0. The number of carbonyl (C=O) groups is 2. The Morgan fingerprint density at radius 1 is 0.600 bits per heavy atom. The van der Waals surface area contributed by atoms with E-state index in [0.29, 0.717) is 68.4 Å². The van der Waals surface area contributed by atoms with Gasteiger partial charge in [-0.05, 0) is 120 Å². The molecule has 0 spiro atoms. The van der Waals surface area contributed by atoms with E-state index >= 15 is 0 Å². The molecule has 8 aromatic rings. The van der Waals surface area contributed by atoms with Gasteiger partial charge in [0.15, 0.2) is 5.75 Å². The summed E-state index contributed by atoms with van der Waals surface area (Å²) in [5, 5.41) is 48.2. The van der Waals surface area contributed by atoms with Crippen LogP contribution in [0.3, 0.4) is 0 Å². The number of aromatic hydroxyl groups is 1. The summed E-state index contributed by atoms with van der Waals surface area (Å²) in [7, 11) is -6.52. The van der Waals surface area contributed by atoms with Crippen LogP contribution in [0.2, 0.25) is 10.0 Å². The Morgan fingerprint density at radius 2 is 1.01 bits per heavy atom. The van der Waals surface area contributed by atoms with Crippen LogP contribution in [0, 0.1) is 0 Å². The number of fused-ring (bicyclic) bond motifs is 2. The van der Waals surface area contributed by atoms with E-state index in [4.69, 9.17) is 32.7 Å². The number of amides is 2. The van der Waals surface area contributed by atoms with Crippen molar-refractivity contribution in [2.45, 2.75) is 36.5 Å². The molecule has 0 aliphatic rings. The number of benzene rings is 8. The second kappa shape index (κ2) is 24.7. The number of ether oxygens (including phenoxy) is 2. The fourth-order valence-corrected chi connectivity index (χ4v) is 9.28. The largest absolute Gasteiger partial charge is 2.00 e. The van der Waals surface area contributed by atoms with Gasteiger partial charge in [0.05, 0.1) is 30.4 Å². The molecule has 0 atom stereocenters. The molecule has 0 radical (unpaired) electrons. The van der Waals surface area contributed by atoms with Crippen LogP contribution >= 0.6 is 23.2 Å². The number of nitrogens with zero attached hydrogens (tertiary/aromatic N) is 4. The Labute approximate surface area is 470 Å². The third-order valence-electron chi connectivity index (χ3n) is 11.2. The average Bonchev–Trinajstić information content (AvgIpc) is 3.37. The number of phenolic OH excluding ortho intramolecular Hbond substituents is 1. The average molecular weight is 1120 g/mol. The smallest absolute Gasteiger partial charge is 0.870 e. The van der Waals surface area contributed by atoms with Gasteiger partial charge in [-0.25, -0.2) is 8.42 Å². The van der Waals surface area contributed by atoms with E-state index in [1.807, 2.05) is 0 Å². The zero-order valence-electron chi connectivity index (χ0n) is 40.2. The molecule has 8 aromatic carbocycles. The summed E-state index contributed by atoms with van der Waals surface area (Å²) < 4.78 is 79.5. The van der Waals surface area contributed by atoms with Crippen molar-refractivity contribution in [1.82, 2.24) is 0 Å². The van der Waals surface area contributed by atoms with Crippen molar-refractivity contribution in [3.05, 3.63) is 166 Å². The monoisotopic (exact) mass is 1120 g/mol. The van der Waals surface area contributed by atoms with Gasteiger partial charge in [-0.3, -0.25) is 14.1 Å². The van der Waals surface area contributed by atoms with E-state index in [9.17, 15) is 45.7 Å². The first kappa shape index (κ1) is 57.6. The molecule has 8 rings (SSSR count). The first-order valence-electron chi connectivity index (χ1n) is 22.0. The number of azo groups is 2. The second-order valence-electron chi connectivity index (χ2n) is 15.9. The minimum absolute atomic E-state index is 0. The van der Waals surface area contributed by atoms with Crippen LogP contribution in [-0.4, -0.2) is 94.8 Å². The van der Waals surface area contributed by atoms with Crippen molar-refractivity contribution in [2.24, 2.45) is 20.5 Å². The summed E-state index contributed by atoms with van der Waals surface area (Å²) in [6.45, 7) is 3.53. The predicted octanol–water partition coefficient (Wildman–Crippen LogP) is 12.0. The first-order valence-corrected chi connectivity index (χ1v) is 25.6. The van der Waals surface area contributed by atoms with Gasteiger partial charge in [0.2, 0.25) is 0 Å². The predicted molar refractivity (Wildman–Crippen MR) is 284 cm³/mol. The molecule has 0 fully saturated rings. The van der Waals surface area contributed by atoms with Crippen LogP contribution in [-0.2, 0) is 33.1 Å². The van der Waals surface area contributed by atoms with Crippen LogP contribution in [0.4, 0.5) is 34.1 Å². The van der Waals surface area contributed by atoms with Gasteiger partial charge in [0.25, 0.3) is 21.9 Å². The molecule has 4 N–H and O–H groups in total. The van der Waals surface area contributed by atoms with Gasteiger partial charge in [-0.1, -0.05) is 91.3 Å². The quantitative estimate of drug-likeness (QED) is 0.0449. The molecule has 0 heterocycles. The molecule has 0 aliphatic carbocycles. The minimum atomic E-state index is -4.91. The summed E-state index contributed by atoms with van der Waals surface area (Å²) in [6.07, 6.45) is 0.815. The number of rotatable bonds is 14. The fraction of sp³-hybridized carbons (Fsp3) is 0.115. The van der Waals surface area contributed by atoms with E-state index in [1.54, 1.807) is 111 Å². The summed E-state index contributed by atoms with van der Waals surface area (Å²) in [5.41, 5.74) is 0.814. The molecular formula is C52H42CaCl2N6O12S2. The summed E-state index contributed by atoms with van der Waals surface area (Å²) in [4.78, 5) is 25.0.